The molecule has 0 atom stereocenters. The van der Waals surface area contributed by atoms with Crippen molar-refractivity contribution in [3.8, 4) is 0 Å². The lowest BCUT2D eigenvalue weighted by Crippen LogP contribution is -2.41. The van der Waals surface area contributed by atoms with Gasteiger partial charge in [0, 0.05) is 18.2 Å². The van der Waals surface area contributed by atoms with E-state index in [9.17, 15) is 23.2 Å². The van der Waals surface area contributed by atoms with Crippen LogP contribution >= 0.6 is 0 Å². The largest absolute Gasteiger partial charge is 0.383 e. The van der Waals surface area contributed by atoms with Gasteiger partial charge < -0.3 is 10.6 Å². The summed E-state index contributed by atoms with van der Waals surface area (Å²) in [4.78, 5) is 40.7. The average Bonchev–Trinajstić information content (AvgIpc) is 2.68. The summed E-state index contributed by atoms with van der Waals surface area (Å²) in [5.41, 5.74) is 4.68. The maximum absolute atomic E-state index is 13.5. The Kier molecular flexibility index (Phi) is 5.58. The van der Waals surface area contributed by atoms with E-state index in [2.05, 4.69) is 4.98 Å². The van der Waals surface area contributed by atoms with E-state index < -0.39 is 28.8 Å². The first-order chi connectivity index (χ1) is 13.8. The second-order valence-corrected chi connectivity index (χ2v) is 6.27. The van der Waals surface area contributed by atoms with Crippen LogP contribution in [0.5, 0.6) is 0 Å². The number of amides is 1. The summed E-state index contributed by atoms with van der Waals surface area (Å²) in [6.07, 6.45) is 0. The molecule has 0 aliphatic carbocycles. The second-order valence-electron chi connectivity index (χ2n) is 6.27. The quantitative estimate of drug-likeness (QED) is 0.685. The molecule has 0 saturated heterocycles. The molecule has 0 saturated carbocycles. The van der Waals surface area contributed by atoms with Crippen molar-refractivity contribution in [3.05, 3.63) is 92.1 Å². The number of rotatable bonds is 5. The van der Waals surface area contributed by atoms with Crippen molar-refractivity contribution in [1.82, 2.24) is 9.55 Å². The molecule has 7 nitrogen and oxygen atoms in total. The van der Waals surface area contributed by atoms with E-state index >= 15 is 0 Å². The van der Waals surface area contributed by atoms with Crippen molar-refractivity contribution in [3.63, 3.8) is 0 Å². The molecule has 150 valence electrons. The van der Waals surface area contributed by atoms with Crippen molar-refractivity contribution >= 4 is 17.4 Å². The van der Waals surface area contributed by atoms with Gasteiger partial charge in [-0.25, -0.2) is 13.6 Å². The van der Waals surface area contributed by atoms with Crippen LogP contribution in [0.25, 0.3) is 0 Å². The number of carbonyl (C=O) groups excluding carboxylic acids is 1. The zero-order valence-electron chi connectivity index (χ0n) is 15.5. The summed E-state index contributed by atoms with van der Waals surface area (Å²) < 4.78 is 28.2. The highest BCUT2D eigenvalue weighted by Gasteiger charge is 2.25. The standard InChI is InChI=1S/C20H18F2N4O3/c1-2-25(19(28)13-8-14(21)10-15(22)9-13)16-17(23)26(20(29)24-18(16)27)11-12-6-4-3-5-7-12/h3-10H,2,11,23H2,1H3,(H,24,27,29). The average molecular weight is 400 g/mol. The molecule has 1 amide bonds. The minimum atomic E-state index is -0.930. The van der Waals surface area contributed by atoms with Crippen LogP contribution in [0, 0.1) is 11.6 Å². The number of nitrogens with two attached hydrogens (primary N) is 1. The van der Waals surface area contributed by atoms with E-state index in [0.29, 0.717) is 6.07 Å². The molecule has 29 heavy (non-hydrogen) atoms. The molecule has 3 N–H and O–H groups in total. The van der Waals surface area contributed by atoms with E-state index in [-0.39, 0.29) is 30.2 Å². The third-order valence-electron chi connectivity index (χ3n) is 4.34. The Morgan fingerprint density at radius 3 is 2.31 bits per heavy atom. The van der Waals surface area contributed by atoms with Gasteiger partial charge in [0.1, 0.15) is 17.5 Å². The minimum absolute atomic E-state index is 0.0201. The van der Waals surface area contributed by atoms with Crippen LogP contribution in [0.15, 0.2) is 58.1 Å². The Morgan fingerprint density at radius 2 is 1.72 bits per heavy atom. The van der Waals surface area contributed by atoms with Gasteiger partial charge in [-0.1, -0.05) is 30.3 Å². The molecule has 0 aliphatic heterocycles. The van der Waals surface area contributed by atoms with Crippen LogP contribution in [0.2, 0.25) is 0 Å². The van der Waals surface area contributed by atoms with Crippen LogP contribution in [0.4, 0.5) is 20.3 Å². The highest BCUT2D eigenvalue weighted by atomic mass is 19.1. The Morgan fingerprint density at radius 1 is 1.10 bits per heavy atom. The van der Waals surface area contributed by atoms with Gasteiger partial charge >= 0.3 is 5.69 Å². The highest BCUT2D eigenvalue weighted by molar-refractivity contribution is 6.07. The number of nitrogens with one attached hydrogen (secondary N) is 1. The number of aromatic nitrogens is 2. The lowest BCUT2D eigenvalue weighted by Gasteiger charge is -2.23. The number of halogens is 2. The van der Waals surface area contributed by atoms with Crippen molar-refractivity contribution in [2.75, 3.05) is 17.2 Å². The van der Waals surface area contributed by atoms with Gasteiger partial charge in [-0.15, -0.1) is 0 Å². The van der Waals surface area contributed by atoms with Crippen LogP contribution in [0.3, 0.4) is 0 Å². The number of benzene rings is 2. The number of hydrogen-bond acceptors (Lipinski definition) is 4. The molecule has 0 aliphatic rings. The zero-order chi connectivity index (χ0) is 21.1. The number of carbonyl (C=O) groups is 1. The highest BCUT2D eigenvalue weighted by Crippen LogP contribution is 2.21. The van der Waals surface area contributed by atoms with Crippen LogP contribution in [-0.2, 0) is 6.54 Å². The fraction of sp³-hybridized carbons (Fsp3) is 0.150. The fourth-order valence-electron chi connectivity index (χ4n) is 3.00. The summed E-state index contributed by atoms with van der Waals surface area (Å²) in [6, 6.07) is 11.3. The first-order valence-corrected chi connectivity index (χ1v) is 8.76. The van der Waals surface area contributed by atoms with E-state index in [1.807, 2.05) is 6.07 Å². The number of nitrogens with zero attached hydrogens (tertiary/aromatic N) is 2. The molecule has 0 radical (unpaired) electrons. The predicted octanol–water partition coefficient (Wildman–Crippen LogP) is 2.11. The Hall–Kier alpha value is -3.75. The van der Waals surface area contributed by atoms with Crippen molar-refractivity contribution in [2.45, 2.75) is 13.5 Å². The maximum atomic E-state index is 13.5. The first-order valence-electron chi connectivity index (χ1n) is 8.76. The molecule has 3 rings (SSSR count). The van der Waals surface area contributed by atoms with Gasteiger partial charge in [0.2, 0.25) is 0 Å². The maximum Gasteiger partial charge on any atom is 0.330 e. The molecular weight excluding hydrogens is 382 g/mol. The Balaban J connectivity index is 2.10. The molecule has 9 heteroatoms. The van der Waals surface area contributed by atoms with Crippen LogP contribution in [0.1, 0.15) is 22.8 Å². The topological polar surface area (TPSA) is 101 Å². The van der Waals surface area contributed by atoms with Gasteiger partial charge in [-0.3, -0.25) is 19.1 Å². The van der Waals surface area contributed by atoms with E-state index in [0.717, 1.165) is 27.2 Å². The van der Waals surface area contributed by atoms with Gasteiger partial charge in [-0.05, 0) is 24.6 Å². The second kappa shape index (κ2) is 8.09. The zero-order valence-corrected chi connectivity index (χ0v) is 15.5. The number of nitrogen functional groups attached to an aromatic ring is 1. The molecule has 2 aromatic carbocycles. The van der Waals surface area contributed by atoms with Crippen LogP contribution in [-0.4, -0.2) is 22.0 Å². The van der Waals surface area contributed by atoms with E-state index in [4.69, 9.17) is 5.73 Å². The number of H-pyrrole nitrogens is 1. The van der Waals surface area contributed by atoms with Crippen molar-refractivity contribution < 1.29 is 13.6 Å². The minimum Gasteiger partial charge on any atom is -0.383 e. The van der Waals surface area contributed by atoms with Crippen LogP contribution < -0.4 is 21.9 Å². The predicted molar refractivity (Wildman–Crippen MR) is 105 cm³/mol. The lowest BCUT2D eigenvalue weighted by atomic mass is 10.1. The molecular formula is C20H18F2N4O3. The Bertz CT molecular complexity index is 1150. The number of aromatic amines is 1. The van der Waals surface area contributed by atoms with E-state index in [1.165, 1.54) is 0 Å². The summed E-state index contributed by atoms with van der Waals surface area (Å²) in [7, 11) is 0. The SMILES string of the molecule is CCN(C(=O)c1cc(F)cc(F)c1)c1c(N)n(Cc2ccccc2)c(=O)[nH]c1=O. The van der Waals surface area contributed by atoms with Gasteiger partial charge in [0.25, 0.3) is 11.5 Å². The number of hydrogen-bond donors (Lipinski definition) is 2. The monoisotopic (exact) mass is 400 g/mol. The van der Waals surface area contributed by atoms with Crippen molar-refractivity contribution in [1.29, 1.82) is 0 Å². The number of anilines is 2. The molecule has 3 aromatic rings. The normalized spacial score (nSPS) is 10.7. The third kappa shape index (κ3) is 4.08. The molecule has 1 heterocycles. The molecule has 1 aromatic heterocycles. The summed E-state index contributed by atoms with van der Waals surface area (Å²) in [5.74, 6) is -2.91. The summed E-state index contributed by atoms with van der Waals surface area (Å²) in [6.45, 7) is 1.61. The molecule has 0 spiro atoms. The molecule has 0 unspecified atom stereocenters. The van der Waals surface area contributed by atoms with Gasteiger partial charge in [0.15, 0.2) is 5.69 Å². The smallest absolute Gasteiger partial charge is 0.330 e. The molecule has 0 fully saturated rings. The summed E-state index contributed by atoms with van der Waals surface area (Å²) >= 11 is 0. The summed E-state index contributed by atoms with van der Waals surface area (Å²) in [5, 5.41) is 0. The van der Waals surface area contributed by atoms with Gasteiger partial charge in [0.05, 0.1) is 6.54 Å². The third-order valence-corrected chi connectivity index (χ3v) is 4.34. The van der Waals surface area contributed by atoms with Gasteiger partial charge in [-0.2, -0.15) is 0 Å². The Labute approximate surface area is 164 Å². The van der Waals surface area contributed by atoms with E-state index in [1.54, 1.807) is 31.2 Å². The fourth-order valence-corrected chi connectivity index (χ4v) is 3.00. The molecule has 0 bridgehead atoms. The lowest BCUT2D eigenvalue weighted by molar-refractivity contribution is 0.0987. The first kappa shape index (κ1) is 20.0. The van der Waals surface area contributed by atoms with Crippen molar-refractivity contribution in [2.24, 2.45) is 0 Å².